The summed E-state index contributed by atoms with van der Waals surface area (Å²) in [6.45, 7) is 9.52. The summed E-state index contributed by atoms with van der Waals surface area (Å²) in [7, 11) is 1.31. The number of hydrogen-bond acceptors (Lipinski definition) is 2. The molecule has 0 aromatic heterocycles. The highest BCUT2D eigenvalue weighted by Gasteiger charge is 2.21. The van der Waals surface area contributed by atoms with E-state index in [1.54, 1.807) is 0 Å². The minimum absolute atomic E-state index is 0.00323. The summed E-state index contributed by atoms with van der Waals surface area (Å²) < 4.78 is 37.4. The molecule has 130 valence electrons. The molecule has 1 fully saturated rings. The lowest BCUT2D eigenvalue weighted by molar-refractivity contribution is 0.123. The third kappa shape index (κ3) is 6.80. The first-order chi connectivity index (χ1) is 10.5. The minimum Gasteiger partial charge on any atom is -0.498 e. The molecule has 0 heterocycles. The van der Waals surface area contributed by atoms with Crippen molar-refractivity contribution in [2.24, 2.45) is 11.8 Å². The highest BCUT2D eigenvalue weighted by Crippen LogP contribution is 2.31. The van der Waals surface area contributed by atoms with Crippen LogP contribution in [-0.2, 0) is 9.47 Å². The standard InChI is InChI=1S/C16H26F2O2.C2H6/c1-5-13-6-8-14(9-7-13)10-20-12(3)16(18)15(17)11(2)19-4;1-2/h13-14H,5-10H2,1-4H3;1-2H3/b15-11-,16-12-;. The van der Waals surface area contributed by atoms with E-state index in [9.17, 15) is 8.78 Å². The molecule has 1 aliphatic rings. The largest absolute Gasteiger partial charge is 0.498 e. The van der Waals surface area contributed by atoms with Gasteiger partial charge in [0.05, 0.1) is 13.7 Å². The number of rotatable bonds is 6. The zero-order valence-electron chi connectivity index (χ0n) is 15.0. The summed E-state index contributed by atoms with van der Waals surface area (Å²) in [6, 6.07) is 0. The van der Waals surface area contributed by atoms with Crippen LogP contribution in [0.15, 0.2) is 23.2 Å². The van der Waals surface area contributed by atoms with Crippen LogP contribution >= 0.6 is 0 Å². The van der Waals surface area contributed by atoms with Crippen molar-refractivity contribution in [2.45, 2.75) is 66.7 Å². The van der Waals surface area contributed by atoms with Gasteiger partial charge in [0.1, 0.15) is 11.5 Å². The second-order valence-corrected chi connectivity index (χ2v) is 5.55. The Balaban J connectivity index is 0.00000211. The predicted molar refractivity (Wildman–Crippen MR) is 87.7 cm³/mol. The number of methoxy groups -OCH3 is 1. The van der Waals surface area contributed by atoms with E-state index in [0.717, 1.165) is 18.8 Å². The van der Waals surface area contributed by atoms with Crippen LogP contribution in [0.2, 0.25) is 0 Å². The lowest BCUT2D eigenvalue weighted by Gasteiger charge is -2.27. The van der Waals surface area contributed by atoms with Gasteiger partial charge in [0.15, 0.2) is 11.7 Å². The van der Waals surface area contributed by atoms with E-state index < -0.39 is 11.7 Å². The van der Waals surface area contributed by atoms with E-state index in [4.69, 9.17) is 4.74 Å². The first-order valence-corrected chi connectivity index (χ1v) is 8.39. The maximum atomic E-state index is 13.7. The summed E-state index contributed by atoms with van der Waals surface area (Å²) in [6.07, 6.45) is 5.89. The molecule has 1 aliphatic carbocycles. The summed E-state index contributed by atoms with van der Waals surface area (Å²) in [4.78, 5) is 0. The molecule has 0 bridgehead atoms. The Morgan fingerprint density at radius 2 is 1.36 bits per heavy atom. The van der Waals surface area contributed by atoms with Gasteiger partial charge in [0.2, 0.25) is 0 Å². The van der Waals surface area contributed by atoms with E-state index in [1.807, 2.05) is 13.8 Å². The summed E-state index contributed by atoms with van der Waals surface area (Å²) in [5.41, 5.74) is 0. The molecule has 0 aromatic rings. The Morgan fingerprint density at radius 3 is 1.82 bits per heavy atom. The smallest absolute Gasteiger partial charge is 0.199 e. The molecule has 22 heavy (non-hydrogen) atoms. The van der Waals surface area contributed by atoms with Crippen molar-refractivity contribution in [3.63, 3.8) is 0 Å². The van der Waals surface area contributed by atoms with Crippen molar-refractivity contribution in [2.75, 3.05) is 13.7 Å². The van der Waals surface area contributed by atoms with Crippen LogP contribution in [0.4, 0.5) is 8.78 Å². The molecule has 0 atom stereocenters. The van der Waals surface area contributed by atoms with Crippen LogP contribution in [0, 0.1) is 11.8 Å². The molecule has 0 N–H and O–H groups in total. The van der Waals surface area contributed by atoms with E-state index in [1.165, 1.54) is 40.2 Å². The van der Waals surface area contributed by atoms with Crippen LogP contribution in [0.5, 0.6) is 0 Å². The molecule has 0 unspecified atom stereocenters. The Labute approximate surface area is 134 Å². The van der Waals surface area contributed by atoms with Gasteiger partial charge in [0, 0.05) is 0 Å². The number of allylic oxidation sites excluding steroid dienone is 4. The van der Waals surface area contributed by atoms with Crippen LogP contribution in [0.25, 0.3) is 0 Å². The third-order valence-electron chi connectivity index (χ3n) is 4.20. The molecule has 0 radical (unpaired) electrons. The number of ether oxygens (including phenoxy) is 2. The van der Waals surface area contributed by atoms with Gasteiger partial charge in [-0.15, -0.1) is 0 Å². The second-order valence-electron chi connectivity index (χ2n) is 5.55. The fourth-order valence-corrected chi connectivity index (χ4v) is 2.51. The molecule has 0 spiro atoms. The fraction of sp³-hybridized carbons (Fsp3) is 0.778. The van der Waals surface area contributed by atoms with Gasteiger partial charge in [-0.05, 0) is 38.5 Å². The number of halogens is 2. The van der Waals surface area contributed by atoms with E-state index in [-0.39, 0.29) is 11.5 Å². The zero-order chi connectivity index (χ0) is 17.1. The van der Waals surface area contributed by atoms with Crippen LogP contribution in [0.3, 0.4) is 0 Å². The maximum Gasteiger partial charge on any atom is 0.199 e. The lowest BCUT2D eigenvalue weighted by atomic mass is 9.81. The first kappa shape index (κ1) is 20.9. The van der Waals surface area contributed by atoms with Crippen molar-refractivity contribution in [1.82, 2.24) is 0 Å². The Hall–Kier alpha value is -1.06. The third-order valence-corrected chi connectivity index (χ3v) is 4.20. The quantitative estimate of drug-likeness (QED) is 0.423. The monoisotopic (exact) mass is 318 g/mol. The van der Waals surface area contributed by atoms with Gasteiger partial charge in [-0.25, -0.2) is 0 Å². The molecular weight excluding hydrogens is 286 g/mol. The number of hydrogen-bond donors (Lipinski definition) is 0. The molecule has 0 aliphatic heterocycles. The topological polar surface area (TPSA) is 18.5 Å². The SMILES string of the molecule is CC.CCC1CCC(CO/C(C)=C(F)/C(F)=C(\C)OC)CC1. The van der Waals surface area contributed by atoms with Crippen LogP contribution in [0.1, 0.15) is 66.7 Å². The molecule has 1 rings (SSSR count). The van der Waals surface area contributed by atoms with Gasteiger partial charge in [0.25, 0.3) is 0 Å². The summed E-state index contributed by atoms with van der Waals surface area (Å²) in [5, 5.41) is 0. The Morgan fingerprint density at radius 1 is 0.909 bits per heavy atom. The van der Waals surface area contributed by atoms with Gasteiger partial charge >= 0.3 is 0 Å². The average Bonchev–Trinajstić information content (AvgIpc) is 2.59. The first-order valence-electron chi connectivity index (χ1n) is 8.39. The van der Waals surface area contributed by atoms with E-state index >= 15 is 0 Å². The highest BCUT2D eigenvalue weighted by atomic mass is 19.2. The zero-order valence-corrected chi connectivity index (χ0v) is 15.0. The van der Waals surface area contributed by atoms with Gasteiger partial charge in [-0.2, -0.15) is 8.78 Å². The van der Waals surface area contributed by atoms with E-state index in [0.29, 0.717) is 12.5 Å². The fourth-order valence-electron chi connectivity index (χ4n) is 2.51. The molecule has 0 saturated heterocycles. The molecule has 2 nitrogen and oxygen atoms in total. The Bertz CT molecular complexity index is 367. The van der Waals surface area contributed by atoms with Crippen molar-refractivity contribution in [3.05, 3.63) is 23.2 Å². The molecule has 0 aromatic carbocycles. The van der Waals surface area contributed by atoms with Gasteiger partial charge < -0.3 is 9.47 Å². The molecule has 4 heteroatoms. The van der Waals surface area contributed by atoms with Crippen molar-refractivity contribution in [1.29, 1.82) is 0 Å². The van der Waals surface area contributed by atoms with Crippen molar-refractivity contribution < 1.29 is 18.3 Å². The Kier molecular flexibility index (Phi) is 10.9. The van der Waals surface area contributed by atoms with Crippen molar-refractivity contribution in [3.8, 4) is 0 Å². The molecular formula is C18H32F2O2. The lowest BCUT2D eigenvalue weighted by Crippen LogP contribution is -2.18. The predicted octanol–water partition coefficient (Wildman–Crippen LogP) is 6.29. The molecule has 1 saturated carbocycles. The second kappa shape index (κ2) is 11.5. The highest BCUT2D eigenvalue weighted by molar-refractivity contribution is 5.23. The van der Waals surface area contributed by atoms with Gasteiger partial charge in [-0.1, -0.05) is 40.0 Å². The maximum absolute atomic E-state index is 13.7. The van der Waals surface area contributed by atoms with E-state index in [2.05, 4.69) is 11.7 Å². The minimum atomic E-state index is -0.986. The van der Waals surface area contributed by atoms with Crippen LogP contribution in [-0.4, -0.2) is 13.7 Å². The normalized spacial score (nSPS) is 23.6. The summed E-state index contributed by atoms with van der Waals surface area (Å²) in [5.74, 6) is -0.753. The molecule has 0 amide bonds. The van der Waals surface area contributed by atoms with Gasteiger partial charge in [-0.3, -0.25) is 0 Å². The van der Waals surface area contributed by atoms with Crippen molar-refractivity contribution >= 4 is 0 Å². The van der Waals surface area contributed by atoms with Crippen LogP contribution < -0.4 is 0 Å². The average molecular weight is 318 g/mol. The summed E-state index contributed by atoms with van der Waals surface area (Å²) >= 11 is 0.